The second-order valence-electron chi connectivity index (χ2n) is 6.05. The minimum absolute atomic E-state index is 0.140. The maximum Gasteiger partial charge on any atom is 0.258 e. The van der Waals surface area contributed by atoms with Gasteiger partial charge in [0.15, 0.2) is 0 Å². The molecule has 3 aromatic rings. The lowest BCUT2D eigenvalue weighted by atomic mass is 9.99. The van der Waals surface area contributed by atoms with Gasteiger partial charge in [-0.05, 0) is 31.2 Å². The summed E-state index contributed by atoms with van der Waals surface area (Å²) < 4.78 is 20.1. The van der Waals surface area contributed by atoms with Crippen LogP contribution in [0.2, 0.25) is 0 Å². The van der Waals surface area contributed by atoms with Gasteiger partial charge in [-0.2, -0.15) is 0 Å². The molecule has 132 valence electrons. The Balaban J connectivity index is 2.06. The van der Waals surface area contributed by atoms with Crippen molar-refractivity contribution in [3.8, 4) is 17.0 Å². The lowest BCUT2D eigenvalue weighted by Crippen LogP contribution is -2.23. The first-order valence-electron chi connectivity index (χ1n) is 8.26. The molecule has 1 aliphatic rings. The minimum atomic E-state index is -0.452. The van der Waals surface area contributed by atoms with Crippen LogP contribution in [0.1, 0.15) is 23.0 Å². The van der Waals surface area contributed by atoms with Gasteiger partial charge in [0, 0.05) is 29.3 Å². The van der Waals surface area contributed by atoms with Crippen molar-refractivity contribution < 1.29 is 13.9 Å². The molecule has 0 radical (unpaired) electrons. The fourth-order valence-electron chi connectivity index (χ4n) is 3.40. The van der Waals surface area contributed by atoms with Gasteiger partial charge in [0.2, 0.25) is 5.88 Å². The Bertz CT molecular complexity index is 1050. The number of halogens is 1. The molecular weight excluding hydrogens is 335 g/mol. The fourth-order valence-corrected chi connectivity index (χ4v) is 3.40. The third kappa shape index (κ3) is 2.20. The van der Waals surface area contributed by atoms with Crippen LogP contribution < -0.4 is 10.5 Å². The summed E-state index contributed by atoms with van der Waals surface area (Å²) in [6.07, 6.45) is 1.57. The number of benzene rings is 1. The summed E-state index contributed by atoms with van der Waals surface area (Å²) in [5.41, 5.74) is 8.75. The van der Waals surface area contributed by atoms with Crippen LogP contribution in [0.4, 0.5) is 10.1 Å². The number of pyridine rings is 2. The number of amides is 1. The van der Waals surface area contributed by atoms with Crippen molar-refractivity contribution >= 4 is 22.5 Å². The molecule has 0 fully saturated rings. The van der Waals surface area contributed by atoms with E-state index in [4.69, 9.17) is 10.5 Å². The summed E-state index contributed by atoms with van der Waals surface area (Å²) in [4.78, 5) is 22.9. The number of aromatic nitrogens is 2. The number of carbonyl (C=O) groups excluding carboxylic acids is 1. The van der Waals surface area contributed by atoms with Crippen molar-refractivity contribution in [3.05, 3.63) is 47.5 Å². The molecule has 6 nitrogen and oxygen atoms in total. The predicted molar refractivity (Wildman–Crippen MR) is 96.3 cm³/mol. The number of nitrogens with zero attached hydrogens (tertiary/aromatic N) is 3. The Hall–Kier alpha value is -3.22. The molecule has 0 aliphatic carbocycles. The molecule has 1 amide bonds. The van der Waals surface area contributed by atoms with Crippen LogP contribution in [-0.2, 0) is 6.54 Å². The van der Waals surface area contributed by atoms with Gasteiger partial charge >= 0.3 is 0 Å². The third-order valence-corrected chi connectivity index (χ3v) is 4.68. The van der Waals surface area contributed by atoms with E-state index in [1.807, 2.05) is 6.92 Å². The monoisotopic (exact) mass is 352 g/mol. The summed E-state index contributed by atoms with van der Waals surface area (Å²) in [6, 6.07) is 6.31. The maximum absolute atomic E-state index is 14.8. The predicted octanol–water partition coefficient (Wildman–Crippen LogP) is 3.00. The van der Waals surface area contributed by atoms with E-state index in [0.717, 1.165) is 0 Å². The zero-order valence-electron chi connectivity index (χ0n) is 14.4. The fraction of sp³-hybridized carbons (Fsp3) is 0.211. The van der Waals surface area contributed by atoms with Crippen LogP contribution >= 0.6 is 0 Å². The first-order chi connectivity index (χ1) is 12.6. The van der Waals surface area contributed by atoms with Crippen molar-refractivity contribution in [1.82, 2.24) is 14.9 Å². The molecule has 26 heavy (non-hydrogen) atoms. The van der Waals surface area contributed by atoms with E-state index in [-0.39, 0.29) is 11.5 Å². The standard InChI is InChI=1S/C19H17FN4O2/c1-3-24-9-13-15(19(24)25)16(21)11-6-7-12(20)14(17(11)23-13)10-5-4-8-22-18(10)26-2/h4-8H,3,9H2,1-2H3,(H2,21,23). The van der Waals surface area contributed by atoms with E-state index < -0.39 is 5.82 Å². The molecule has 1 aromatic carbocycles. The molecule has 0 atom stereocenters. The van der Waals surface area contributed by atoms with Crippen LogP contribution in [0.5, 0.6) is 5.88 Å². The highest BCUT2D eigenvalue weighted by atomic mass is 19.1. The van der Waals surface area contributed by atoms with Crippen molar-refractivity contribution in [2.45, 2.75) is 13.5 Å². The topological polar surface area (TPSA) is 81.3 Å². The molecule has 0 saturated carbocycles. The smallest absolute Gasteiger partial charge is 0.258 e. The second kappa shape index (κ2) is 5.94. The lowest BCUT2D eigenvalue weighted by molar-refractivity contribution is 0.0787. The van der Waals surface area contributed by atoms with Crippen molar-refractivity contribution in [2.75, 3.05) is 19.4 Å². The molecule has 1 aliphatic heterocycles. The SMILES string of the molecule is CCN1Cc2nc3c(-c4cccnc4OC)c(F)ccc3c(N)c2C1=O. The van der Waals surface area contributed by atoms with Gasteiger partial charge in [0.1, 0.15) is 5.82 Å². The quantitative estimate of drug-likeness (QED) is 0.784. The third-order valence-electron chi connectivity index (χ3n) is 4.68. The first kappa shape index (κ1) is 16.3. The van der Waals surface area contributed by atoms with E-state index in [0.29, 0.717) is 52.4 Å². The molecule has 4 rings (SSSR count). The largest absolute Gasteiger partial charge is 0.481 e. The zero-order valence-corrected chi connectivity index (χ0v) is 14.4. The Morgan fingerprint density at radius 1 is 1.31 bits per heavy atom. The Kier molecular flexibility index (Phi) is 3.72. The van der Waals surface area contributed by atoms with Crippen LogP contribution in [0.15, 0.2) is 30.5 Å². The van der Waals surface area contributed by atoms with Gasteiger partial charge in [0.25, 0.3) is 5.91 Å². The number of carbonyl (C=O) groups is 1. The van der Waals surface area contributed by atoms with E-state index in [9.17, 15) is 9.18 Å². The van der Waals surface area contributed by atoms with Gasteiger partial charge in [-0.15, -0.1) is 0 Å². The number of fused-ring (bicyclic) bond motifs is 2. The molecule has 2 aromatic heterocycles. The summed E-state index contributed by atoms with van der Waals surface area (Å²) in [6.45, 7) is 2.82. The number of hydrogen-bond acceptors (Lipinski definition) is 5. The maximum atomic E-state index is 14.8. The first-order valence-corrected chi connectivity index (χ1v) is 8.26. The molecule has 0 saturated heterocycles. The summed E-state index contributed by atoms with van der Waals surface area (Å²) in [5, 5.41) is 0.539. The van der Waals surface area contributed by atoms with Gasteiger partial charge in [-0.1, -0.05) is 0 Å². The zero-order chi connectivity index (χ0) is 18.4. The Labute approximate surface area is 149 Å². The Morgan fingerprint density at radius 2 is 2.12 bits per heavy atom. The number of hydrogen-bond donors (Lipinski definition) is 1. The average molecular weight is 352 g/mol. The number of anilines is 1. The molecular formula is C19H17FN4O2. The normalized spacial score (nSPS) is 13.3. The van der Waals surface area contributed by atoms with Crippen LogP contribution in [0.25, 0.3) is 22.0 Å². The number of methoxy groups -OCH3 is 1. The molecule has 0 bridgehead atoms. The average Bonchev–Trinajstić information content (AvgIpc) is 2.97. The van der Waals surface area contributed by atoms with Gasteiger partial charge in [-0.25, -0.2) is 14.4 Å². The van der Waals surface area contributed by atoms with Gasteiger partial charge in [0.05, 0.1) is 36.1 Å². The number of ether oxygens (including phenoxy) is 1. The van der Waals surface area contributed by atoms with Crippen LogP contribution in [-0.4, -0.2) is 34.4 Å². The highest BCUT2D eigenvalue weighted by Crippen LogP contribution is 2.39. The van der Waals surface area contributed by atoms with Crippen molar-refractivity contribution in [1.29, 1.82) is 0 Å². The number of nitrogens with two attached hydrogens (primary N) is 1. The van der Waals surface area contributed by atoms with Gasteiger partial charge < -0.3 is 15.4 Å². The highest BCUT2D eigenvalue weighted by Gasteiger charge is 2.32. The van der Waals surface area contributed by atoms with E-state index in [1.165, 1.54) is 13.2 Å². The Morgan fingerprint density at radius 3 is 2.85 bits per heavy atom. The summed E-state index contributed by atoms with van der Waals surface area (Å²) >= 11 is 0. The number of rotatable bonds is 3. The minimum Gasteiger partial charge on any atom is -0.481 e. The molecule has 3 heterocycles. The molecule has 0 spiro atoms. The molecule has 7 heteroatoms. The van der Waals surface area contributed by atoms with Crippen molar-refractivity contribution in [3.63, 3.8) is 0 Å². The van der Waals surface area contributed by atoms with E-state index in [1.54, 1.807) is 29.3 Å². The second-order valence-corrected chi connectivity index (χ2v) is 6.05. The summed E-state index contributed by atoms with van der Waals surface area (Å²) in [5.74, 6) is -0.294. The molecule has 0 unspecified atom stereocenters. The van der Waals surface area contributed by atoms with E-state index in [2.05, 4.69) is 9.97 Å². The molecule has 2 N–H and O–H groups in total. The van der Waals surface area contributed by atoms with Crippen LogP contribution in [0, 0.1) is 5.82 Å². The summed E-state index contributed by atoms with van der Waals surface area (Å²) in [7, 11) is 1.48. The van der Waals surface area contributed by atoms with Gasteiger partial charge in [-0.3, -0.25) is 4.79 Å². The number of nitrogen functional groups attached to an aromatic ring is 1. The van der Waals surface area contributed by atoms with E-state index >= 15 is 0 Å². The highest BCUT2D eigenvalue weighted by molar-refractivity contribution is 6.11. The lowest BCUT2D eigenvalue weighted by Gasteiger charge is -2.13. The van der Waals surface area contributed by atoms with Crippen molar-refractivity contribution in [2.24, 2.45) is 0 Å². The van der Waals surface area contributed by atoms with Crippen LogP contribution in [0.3, 0.4) is 0 Å².